The highest BCUT2D eigenvalue weighted by Gasteiger charge is 2.26. The Morgan fingerprint density at radius 1 is 1.22 bits per heavy atom. The lowest BCUT2D eigenvalue weighted by atomic mass is 10.0. The van der Waals surface area contributed by atoms with E-state index in [1.165, 1.54) is 0 Å². The average Bonchev–Trinajstić information content (AvgIpc) is 3.32. The molecule has 2 atom stereocenters. The first-order valence-electron chi connectivity index (χ1n) is 12.5. The molecule has 37 heavy (non-hydrogen) atoms. The summed E-state index contributed by atoms with van der Waals surface area (Å²) in [6.07, 6.45) is 2.54. The van der Waals surface area contributed by atoms with Gasteiger partial charge in [0.05, 0.1) is 19.6 Å². The third-order valence-electron chi connectivity index (χ3n) is 7.19. The summed E-state index contributed by atoms with van der Waals surface area (Å²) in [5.41, 5.74) is 1.05. The lowest BCUT2D eigenvalue weighted by Crippen LogP contribution is -2.51. The number of likely N-dealkylation sites (tertiary alicyclic amines) is 1. The lowest BCUT2D eigenvalue weighted by molar-refractivity contribution is 0.188. The van der Waals surface area contributed by atoms with Gasteiger partial charge in [-0.2, -0.15) is 15.2 Å². The van der Waals surface area contributed by atoms with Crippen LogP contribution in [0.3, 0.4) is 0 Å². The third-order valence-corrected chi connectivity index (χ3v) is 7.42. The minimum absolute atomic E-state index is 0.000106. The van der Waals surface area contributed by atoms with Gasteiger partial charge in [-0.3, -0.25) is 0 Å². The van der Waals surface area contributed by atoms with Gasteiger partial charge in [0.2, 0.25) is 0 Å². The van der Waals surface area contributed by atoms with Crippen molar-refractivity contribution in [1.82, 2.24) is 20.2 Å². The van der Waals surface area contributed by atoms with Gasteiger partial charge in [0.15, 0.2) is 5.82 Å². The first-order valence-corrected chi connectivity index (χ1v) is 12.9. The quantitative estimate of drug-likeness (QED) is 0.490. The fourth-order valence-electron chi connectivity index (χ4n) is 5.16. The van der Waals surface area contributed by atoms with Gasteiger partial charge in [0, 0.05) is 53.3 Å². The minimum Gasteiger partial charge on any atom is -0.496 e. The smallest absolute Gasteiger partial charge is 0.319 e. The van der Waals surface area contributed by atoms with Crippen LogP contribution in [-0.2, 0) is 0 Å². The van der Waals surface area contributed by atoms with Crippen molar-refractivity contribution in [3.05, 3.63) is 41.2 Å². The van der Waals surface area contributed by atoms with E-state index in [0.29, 0.717) is 65.8 Å². The fraction of sp³-hybridized carbons (Fsp3) is 0.444. The monoisotopic (exact) mass is 524 g/mol. The lowest BCUT2D eigenvalue weighted by Gasteiger charge is -2.34. The van der Waals surface area contributed by atoms with Gasteiger partial charge < -0.3 is 24.6 Å². The van der Waals surface area contributed by atoms with Crippen molar-refractivity contribution in [2.45, 2.75) is 31.3 Å². The number of nitrogens with one attached hydrogen (secondary N) is 1. The molecule has 1 N–H and O–H groups in total. The van der Waals surface area contributed by atoms with Crippen molar-refractivity contribution in [3.8, 4) is 29.0 Å². The number of nitrogens with zero attached hydrogens (tertiary/aromatic N) is 5. The number of hydrogen-bond acceptors (Lipinski definition) is 8. The molecule has 0 amide bonds. The number of rotatable bonds is 7. The predicted molar refractivity (Wildman–Crippen MR) is 142 cm³/mol. The summed E-state index contributed by atoms with van der Waals surface area (Å²) in [6.45, 7) is 3.41. The highest BCUT2D eigenvalue weighted by Crippen LogP contribution is 2.38. The summed E-state index contributed by atoms with van der Waals surface area (Å²) in [5.74, 6) is 0.625. The number of benzene rings is 2. The predicted octanol–water partition coefficient (Wildman–Crippen LogP) is 4.26. The van der Waals surface area contributed by atoms with Crippen LogP contribution >= 0.6 is 11.6 Å². The Morgan fingerprint density at radius 2 is 2.08 bits per heavy atom. The molecule has 0 radical (unpaired) electrons. The molecule has 2 aliphatic rings. The molecule has 2 aromatic carbocycles. The van der Waals surface area contributed by atoms with E-state index < -0.39 is 5.82 Å². The summed E-state index contributed by atoms with van der Waals surface area (Å²) >= 11 is 6.24. The fourth-order valence-corrected chi connectivity index (χ4v) is 5.33. The highest BCUT2D eigenvalue weighted by molar-refractivity contribution is 6.31. The number of anilines is 1. The Labute approximate surface area is 221 Å². The molecule has 0 spiro atoms. The SMILES string of the molecule is COc1ccc(Cl)cc1-c1ccc2c(N3CCNC(CC#N)C3)nc(OCC3CCCN3C)nc2c1F. The summed E-state index contributed by atoms with van der Waals surface area (Å²) in [4.78, 5) is 13.6. The van der Waals surface area contributed by atoms with Crippen LogP contribution in [0.25, 0.3) is 22.0 Å². The van der Waals surface area contributed by atoms with Crippen LogP contribution in [0.4, 0.5) is 10.2 Å². The van der Waals surface area contributed by atoms with Gasteiger partial charge >= 0.3 is 6.01 Å². The standard InChI is InChI=1S/C27H30ClFN6O2/c1-34-12-3-4-19(34)16-37-27-32-25-21(26(33-27)35-13-11-31-18(15-35)9-10-30)7-6-20(24(25)29)22-14-17(28)5-8-23(22)36-2/h5-8,14,18-19,31H,3-4,9,11-13,15-16H2,1-2H3. The average molecular weight is 525 g/mol. The van der Waals surface area contributed by atoms with E-state index in [-0.39, 0.29) is 23.6 Å². The molecule has 8 nitrogen and oxygen atoms in total. The number of halogens is 2. The Kier molecular flexibility index (Phi) is 7.60. The number of aromatic nitrogens is 2. The minimum atomic E-state index is -0.492. The molecule has 0 saturated carbocycles. The molecule has 2 unspecified atom stereocenters. The normalized spacial score (nSPS) is 20.2. The molecule has 3 heterocycles. The van der Waals surface area contributed by atoms with Gasteiger partial charge in [-0.15, -0.1) is 0 Å². The molecule has 3 aromatic rings. The molecule has 0 bridgehead atoms. The number of methoxy groups -OCH3 is 1. The number of hydrogen-bond donors (Lipinski definition) is 1. The zero-order chi connectivity index (χ0) is 25.9. The second-order valence-electron chi connectivity index (χ2n) is 9.54. The van der Waals surface area contributed by atoms with Crippen LogP contribution in [0.2, 0.25) is 5.02 Å². The maximum absolute atomic E-state index is 16.2. The first-order chi connectivity index (χ1) is 18.0. The molecular formula is C27H30ClFN6O2. The van der Waals surface area contributed by atoms with E-state index in [2.05, 4.69) is 33.2 Å². The molecule has 1 aromatic heterocycles. The van der Waals surface area contributed by atoms with Crippen LogP contribution < -0.4 is 19.7 Å². The van der Waals surface area contributed by atoms with Crippen molar-refractivity contribution >= 4 is 28.3 Å². The molecule has 0 aliphatic carbocycles. The van der Waals surface area contributed by atoms with Crippen molar-refractivity contribution in [1.29, 1.82) is 5.26 Å². The van der Waals surface area contributed by atoms with E-state index in [1.807, 2.05) is 6.07 Å². The van der Waals surface area contributed by atoms with E-state index in [9.17, 15) is 5.26 Å². The summed E-state index contributed by atoms with van der Waals surface area (Å²) in [7, 11) is 3.62. The molecule has 2 saturated heterocycles. The molecular weight excluding hydrogens is 495 g/mol. The Balaban J connectivity index is 1.59. The zero-order valence-corrected chi connectivity index (χ0v) is 21.8. The Morgan fingerprint density at radius 3 is 2.84 bits per heavy atom. The third kappa shape index (κ3) is 5.28. The molecule has 2 fully saturated rings. The van der Waals surface area contributed by atoms with Gasteiger partial charge in [0.25, 0.3) is 0 Å². The van der Waals surface area contributed by atoms with Crippen LogP contribution in [-0.4, -0.2) is 73.9 Å². The number of nitriles is 1. The van der Waals surface area contributed by atoms with Crippen molar-refractivity contribution in [3.63, 3.8) is 0 Å². The van der Waals surface area contributed by atoms with Gasteiger partial charge in [0.1, 0.15) is 23.7 Å². The Bertz CT molecular complexity index is 1330. The first kappa shape index (κ1) is 25.5. The number of likely N-dealkylation sites (N-methyl/N-ethyl adjacent to an activating group) is 1. The van der Waals surface area contributed by atoms with Gasteiger partial charge in [-0.05, 0) is 50.7 Å². The summed E-state index contributed by atoms with van der Waals surface area (Å²) < 4.78 is 27.7. The number of piperazine rings is 1. The van der Waals surface area contributed by atoms with E-state index in [4.69, 9.17) is 26.1 Å². The second kappa shape index (κ2) is 11.1. The molecule has 194 valence electrons. The maximum Gasteiger partial charge on any atom is 0.319 e. The van der Waals surface area contributed by atoms with Crippen molar-refractivity contribution in [2.75, 3.05) is 51.8 Å². The largest absolute Gasteiger partial charge is 0.496 e. The topological polar surface area (TPSA) is 86.5 Å². The second-order valence-corrected chi connectivity index (χ2v) is 9.98. The molecule has 10 heteroatoms. The maximum atomic E-state index is 16.2. The van der Waals surface area contributed by atoms with Gasteiger partial charge in [-0.1, -0.05) is 17.7 Å². The zero-order valence-electron chi connectivity index (χ0n) is 21.0. The van der Waals surface area contributed by atoms with Crippen molar-refractivity contribution < 1.29 is 13.9 Å². The summed E-state index contributed by atoms with van der Waals surface area (Å²) in [5, 5.41) is 13.6. The van der Waals surface area contributed by atoms with E-state index in [0.717, 1.165) is 19.4 Å². The number of ether oxygens (including phenoxy) is 2. The highest BCUT2D eigenvalue weighted by atomic mass is 35.5. The Hall–Kier alpha value is -3.19. The van der Waals surface area contributed by atoms with E-state index in [1.54, 1.807) is 31.4 Å². The number of fused-ring (bicyclic) bond motifs is 1. The summed E-state index contributed by atoms with van der Waals surface area (Å²) in [6, 6.07) is 11.3. The molecule has 5 rings (SSSR count). The van der Waals surface area contributed by atoms with Crippen molar-refractivity contribution in [2.24, 2.45) is 0 Å². The van der Waals surface area contributed by atoms with Crippen LogP contribution in [0.1, 0.15) is 19.3 Å². The van der Waals surface area contributed by atoms with Gasteiger partial charge in [-0.25, -0.2) is 4.39 Å². The molecule has 2 aliphatic heterocycles. The van der Waals surface area contributed by atoms with Crippen LogP contribution in [0, 0.1) is 17.1 Å². The van der Waals surface area contributed by atoms with E-state index >= 15 is 4.39 Å². The van der Waals surface area contributed by atoms with Crippen LogP contribution in [0.5, 0.6) is 11.8 Å². The van der Waals surface area contributed by atoms with Crippen LogP contribution in [0.15, 0.2) is 30.3 Å².